The molecule has 2 aromatic carbocycles. The summed E-state index contributed by atoms with van der Waals surface area (Å²) in [6, 6.07) is 8.66. The van der Waals surface area contributed by atoms with Gasteiger partial charge in [0.2, 0.25) is 0 Å². The topological polar surface area (TPSA) is 35.0 Å². The van der Waals surface area contributed by atoms with Crippen LogP contribution in [-0.2, 0) is 6.18 Å². The lowest BCUT2D eigenvalue weighted by atomic mass is 10.1. The molecule has 0 aliphatic carbocycles. The van der Waals surface area contributed by atoms with Crippen LogP contribution in [0.4, 0.5) is 17.6 Å². The number of thioether (sulfide) groups is 1. The van der Waals surface area contributed by atoms with Crippen molar-refractivity contribution >= 4 is 35.0 Å². The SMILES string of the molecule is CSc1cc(-c2ccc(Cl)c(Cl)c2)nc(Oc2ccc(F)c(C(F)(F)F)c2)n1. The van der Waals surface area contributed by atoms with Gasteiger partial charge in [0, 0.05) is 5.56 Å². The van der Waals surface area contributed by atoms with E-state index in [4.69, 9.17) is 27.9 Å². The quantitative estimate of drug-likeness (QED) is 0.241. The lowest BCUT2D eigenvalue weighted by Crippen LogP contribution is -2.08. The van der Waals surface area contributed by atoms with E-state index in [0.29, 0.717) is 38.5 Å². The van der Waals surface area contributed by atoms with E-state index in [9.17, 15) is 17.6 Å². The Hall–Kier alpha value is -2.03. The minimum atomic E-state index is -4.85. The van der Waals surface area contributed by atoms with Gasteiger partial charge in [0.05, 0.1) is 21.3 Å². The molecule has 3 nitrogen and oxygen atoms in total. The molecule has 0 radical (unpaired) electrons. The Morgan fingerprint density at radius 1 is 0.964 bits per heavy atom. The Morgan fingerprint density at radius 3 is 2.36 bits per heavy atom. The van der Waals surface area contributed by atoms with Crippen LogP contribution in [0.2, 0.25) is 10.0 Å². The zero-order valence-electron chi connectivity index (χ0n) is 14.0. The Bertz CT molecular complexity index is 1030. The second kappa shape index (κ2) is 8.14. The van der Waals surface area contributed by atoms with Crippen LogP contribution in [0, 0.1) is 5.82 Å². The van der Waals surface area contributed by atoms with Gasteiger partial charge in [-0.25, -0.2) is 4.39 Å². The first-order chi connectivity index (χ1) is 13.2. The number of ether oxygens (including phenoxy) is 1. The van der Waals surface area contributed by atoms with Crippen molar-refractivity contribution in [3.63, 3.8) is 0 Å². The minimum absolute atomic E-state index is 0.187. The summed E-state index contributed by atoms with van der Waals surface area (Å²) < 4.78 is 57.5. The Labute approximate surface area is 171 Å². The molecule has 10 heteroatoms. The number of hydrogen-bond acceptors (Lipinski definition) is 4. The molecule has 0 unspecified atom stereocenters. The summed E-state index contributed by atoms with van der Waals surface area (Å²) in [6.45, 7) is 0. The average molecular weight is 449 g/mol. The smallest absolute Gasteiger partial charge is 0.419 e. The Balaban J connectivity index is 2.00. The van der Waals surface area contributed by atoms with Crippen molar-refractivity contribution in [2.75, 3.05) is 6.26 Å². The van der Waals surface area contributed by atoms with Crippen molar-refractivity contribution in [3.8, 4) is 23.0 Å². The van der Waals surface area contributed by atoms with E-state index < -0.39 is 17.6 Å². The third-order valence-corrected chi connectivity index (χ3v) is 4.93. The third kappa shape index (κ3) is 4.68. The molecule has 146 valence electrons. The molecule has 0 N–H and O–H groups in total. The highest BCUT2D eigenvalue weighted by molar-refractivity contribution is 7.98. The summed E-state index contributed by atoms with van der Waals surface area (Å²) in [7, 11) is 0. The molecule has 0 amide bonds. The molecule has 1 aromatic heterocycles. The average Bonchev–Trinajstić information content (AvgIpc) is 2.64. The van der Waals surface area contributed by atoms with E-state index in [1.165, 1.54) is 11.8 Å². The van der Waals surface area contributed by atoms with E-state index >= 15 is 0 Å². The molecule has 1 heterocycles. The maximum absolute atomic E-state index is 13.4. The van der Waals surface area contributed by atoms with Crippen LogP contribution in [0.5, 0.6) is 11.8 Å². The lowest BCUT2D eigenvalue weighted by Gasteiger charge is -2.11. The fourth-order valence-corrected chi connectivity index (χ4v) is 2.94. The van der Waals surface area contributed by atoms with Gasteiger partial charge in [0.1, 0.15) is 16.6 Å². The van der Waals surface area contributed by atoms with E-state index in [-0.39, 0.29) is 11.8 Å². The van der Waals surface area contributed by atoms with Gasteiger partial charge >= 0.3 is 12.2 Å². The monoisotopic (exact) mass is 448 g/mol. The van der Waals surface area contributed by atoms with Crippen LogP contribution in [0.15, 0.2) is 47.5 Å². The summed E-state index contributed by atoms with van der Waals surface area (Å²) in [5, 5.41) is 1.20. The number of alkyl halides is 3. The van der Waals surface area contributed by atoms with Crippen LogP contribution < -0.4 is 4.74 Å². The van der Waals surface area contributed by atoms with Crippen molar-refractivity contribution in [3.05, 3.63) is 63.9 Å². The molecule has 0 saturated carbocycles. The number of hydrogen-bond donors (Lipinski definition) is 0. The van der Waals surface area contributed by atoms with E-state index in [1.807, 2.05) is 0 Å². The van der Waals surface area contributed by atoms with Crippen molar-refractivity contribution in [1.29, 1.82) is 0 Å². The lowest BCUT2D eigenvalue weighted by molar-refractivity contribution is -0.140. The second-order valence-corrected chi connectivity index (χ2v) is 7.09. The van der Waals surface area contributed by atoms with Crippen LogP contribution >= 0.6 is 35.0 Å². The fourth-order valence-electron chi connectivity index (χ4n) is 2.25. The van der Waals surface area contributed by atoms with Gasteiger partial charge in [0.15, 0.2) is 0 Å². The highest BCUT2D eigenvalue weighted by Crippen LogP contribution is 2.35. The van der Waals surface area contributed by atoms with E-state index in [2.05, 4.69) is 9.97 Å². The van der Waals surface area contributed by atoms with Crippen molar-refractivity contribution < 1.29 is 22.3 Å². The fraction of sp³-hybridized carbons (Fsp3) is 0.111. The Kier molecular flexibility index (Phi) is 6.02. The predicted octanol–water partition coefficient (Wildman–Crippen LogP) is 7.12. The maximum Gasteiger partial charge on any atom is 0.419 e. The molecule has 3 rings (SSSR count). The molecule has 28 heavy (non-hydrogen) atoms. The van der Waals surface area contributed by atoms with Gasteiger partial charge in [-0.3, -0.25) is 0 Å². The zero-order valence-corrected chi connectivity index (χ0v) is 16.3. The van der Waals surface area contributed by atoms with Gasteiger partial charge in [0.25, 0.3) is 0 Å². The predicted molar refractivity (Wildman–Crippen MR) is 101 cm³/mol. The second-order valence-electron chi connectivity index (χ2n) is 5.45. The molecule has 3 aromatic rings. The highest BCUT2D eigenvalue weighted by Gasteiger charge is 2.34. The number of nitrogens with zero attached hydrogens (tertiary/aromatic N) is 2. The van der Waals surface area contributed by atoms with Crippen LogP contribution in [0.1, 0.15) is 5.56 Å². The molecule has 0 bridgehead atoms. The molecular formula is C18H10Cl2F4N2OS. The third-order valence-electron chi connectivity index (χ3n) is 3.56. The number of aromatic nitrogens is 2. The van der Waals surface area contributed by atoms with Crippen LogP contribution in [0.25, 0.3) is 11.3 Å². The van der Waals surface area contributed by atoms with Crippen molar-refractivity contribution in [2.45, 2.75) is 11.2 Å². The molecule has 0 atom stereocenters. The number of halogens is 6. The van der Waals surface area contributed by atoms with Gasteiger partial charge in [-0.1, -0.05) is 29.3 Å². The Morgan fingerprint density at radius 2 is 1.71 bits per heavy atom. The first-order valence-corrected chi connectivity index (χ1v) is 9.58. The van der Waals surface area contributed by atoms with Crippen molar-refractivity contribution in [1.82, 2.24) is 9.97 Å². The largest absolute Gasteiger partial charge is 0.424 e. The minimum Gasteiger partial charge on any atom is -0.424 e. The van der Waals surface area contributed by atoms with Gasteiger partial charge < -0.3 is 4.74 Å². The maximum atomic E-state index is 13.4. The van der Waals surface area contributed by atoms with Crippen molar-refractivity contribution in [2.24, 2.45) is 0 Å². The number of benzene rings is 2. The van der Waals surface area contributed by atoms with Crippen LogP contribution in [0.3, 0.4) is 0 Å². The highest BCUT2D eigenvalue weighted by atomic mass is 35.5. The summed E-state index contributed by atoms with van der Waals surface area (Å²) in [4.78, 5) is 8.33. The molecule has 0 fully saturated rings. The van der Waals surface area contributed by atoms with Gasteiger partial charge in [-0.15, -0.1) is 11.8 Å². The number of rotatable bonds is 4. The summed E-state index contributed by atoms with van der Waals surface area (Å²) in [5.41, 5.74) is -0.381. The molecule has 0 aliphatic heterocycles. The van der Waals surface area contributed by atoms with E-state index in [0.717, 1.165) is 6.07 Å². The first kappa shape index (κ1) is 20.7. The normalized spacial score (nSPS) is 11.5. The standard InChI is InChI=1S/C18H10Cl2F4N2OS/c1-28-16-8-15(9-2-4-12(19)13(20)6-9)25-17(26-16)27-10-3-5-14(21)11(7-10)18(22,23)24/h2-8H,1H3. The molecular weight excluding hydrogens is 439 g/mol. The molecule has 0 aliphatic rings. The summed E-state index contributed by atoms with van der Waals surface area (Å²) in [6.07, 6.45) is -3.08. The summed E-state index contributed by atoms with van der Waals surface area (Å²) >= 11 is 13.2. The summed E-state index contributed by atoms with van der Waals surface area (Å²) in [5.74, 6) is -1.64. The van der Waals surface area contributed by atoms with Crippen LogP contribution in [-0.4, -0.2) is 16.2 Å². The zero-order chi connectivity index (χ0) is 20.5. The molecule has 0 saturated heterocycles. The van der Waals surface area contributed by atoms with Gasteiger partial charge in [-0.05, 0) is 42.7 Å². The van der Waals surface area contributed by atoms with Gasteiger partial charge in [-0.2, -0.15) is 23.1 Å². The van der Waals surface area contributed by atoms with E-state index in [1.54, 1.807) is 30.5 Å². The molecule has 0 spiro atoms. The first-order valence-electron chi connectivity index (χ1n) is 7.60.